The van der Waals surface area contributed by atoms with Crippen LogP contribution in [0.25, 0.3) is 22.5 Å². The fourth-order valence-corrected chi connectivity index (χ4v) is 4.22. The largest absolute Gasteiger partial charge is 0.253 e. The second-order valence-corrected chi connectivity index (χ2v) is 9.94. The Balaban J connectivity index is 1.42. The minimum absolute atomic E-state index is 0.0979. The van der Waals surface area contributed by atoms with Crippen molar-refractivity contribution in [2.24, 2.45) is 12.5 Å². The van der Waals surface area contributed by atoms with Crippen molar-refractivity contribution in [1.29, 1.82) is 0 Å². The molecule has 174 valence electrons. The number of benzene rings is 3. The molecule has 0 radical (unpaired) electrons. The van der Waals surface area contributed by atoms with Gasteiger partial charge in [0.2, 0.25) is 0 Å². The molecule has 0 aliphatic heterocycles. The lowest BCUT2D eigenvalue weighted by Gasteiger charge is -2.25. The molecule has 0 bridgehead atoms. The van der Waals surface area contributed by atoms with Gasteiger partial charge in [0.15, 0.2) is 5.82 Å². The summed E-state index contributed by atoms with van der Waals surface area (Å²) < 4.78 is 1.91. The topological polar surface area (TPSA) is 30.7 Å². The first-order chi connectivity index (χ1) is 16.3. The van der Waals surface area contributed by atoms with Crippen molar-refractivity contribution in [2.45, 2.75) is 46.5 Å². The molecule has 0 amide bonds. The Bertz CT molecular complexity index is 1260. The quantitative estimate of drug-likeness (QED) is 0.248. The molecule has 0 N–H and O–H groups in total. The Kier molecular flexibility index (Phi) is 7.12. The highest BCUT2D eigenvalue weighted by Crippen LogP contribution is 2.31. The second-order valence-electron chi connectivity index (χ2n) is 9.94. The lowest BCUT2D eigenvalue weighted by molar-refractivity contribution is 0.445. The molecule has 0 spiro atoms. The van der Waals surface area contributed by atoms with Gasteiger partial charge >= 0.3 is 0 Å². The Morgan fingerprint density at radius 2 is 1.44 bits per heavy atom. The standard InChI is InChI=1S/C31H35N3/c1-23(2)31(3,4)22-25-14-10-18-28(21-25)27-17-9-12-24(20-27)13-11-19-29-32-30(33-34(29)5)26-15-7-6-8-16-26/h6-10,12,14-18,20-21H,1,11,13,19,22H2,2-5H3. The first-order valence-corrected chi connectivity index (χ1v) is 12.1. The Morgan fingerprint density at radius 3 is 2.12 bits per heavy atom. The summed E-state index contributed by atoms with van der Waals surface area (Å²) in [5, 5.41) is 4.60. The maximum Gasteiger partial charge on any atom is 0.181 e. The molecule has 1 aromatic heterocycles. The van der Waals surface area contributed by atoms with Gasteiger partial charge in [0.1, 0.15) is 5.82 Å². The third-order valence-corrected chi connectivity index (χ3v) is 6.74. The lowest BCUT2D eigenvalue weighted by atomic mass is 9.80. The SMILES string of the molecule is C=C(C)C(C)(C)Cc1cccc(-c2cccc(CCCc3nc(-c4ccccc4)nn3C)c2)c1. The summed E-state index contributed by atoms with van der Waals surface area (Å²) in [6, 6.07) is 28.0. The first kappa shape index (κ1) is 23.7. The van der Waals surface area contributed by atoms with E-state index in [4.69, 9.17) is 4.98 Å². The number of allylic oxidation sites excluding steroid dienone is 1. The van der Waals surface area contributed by atoms with Gasteiger partial charge in [-0.05, 0) is 53.9 Å². The highest BCUT2D eigenvalue weighted by molar-refractivity contribution is 5.65. The van der Waals surface area contributed by atoms with E-state index in [2.05, 4.69) is 93.1 Å². The van der Waals surface area contributed by atoms with Gasteiger partial charge in [-0.2, -0.15) is 5.10 Å². The fraction of sp³-hybridized carbons (Fsp3) is 0.290. The van der Waals surface area contributed by atoms with Crippen LogP contribution in [0, 0.1) is 5.41 Å². The normalized spacial score (nSPS) is 11.5. The fourth-order valence-electron chi connectivity index (χ4n) is 4.22. The van der Waals surface area contributed by atoms with Crippen molar-refractivity contribution < 1.29 is 0 Å². The Labute approximate surface area is 204 Å². The minimum atomic E-state index is 0.0979. The van der Waals surface area contributed by atoms with E-state index in [-0.39, 0.29) is 5.41 Å². The van der Waals surface area contributed by atoms with Gasteiger partial charge < -0.3 is 0 Å². The maximum absolute atomic E-state index is 4.77. The van der Waals surface area contributed by atoms with E-state index in [0.29, 0.717) is 0 Å². The average Bonchev–Trinajstić information content (AvgIpc) is 3.20. The van der Waals surface area contributed by atoms with Crippen molar-refractivity contribution in [3.63, 3.8) is 0 Å². The summed E-state index contributed by atoms with van der Waals surface area (Å²) in [7, 11) is 1.98. The van der Waals surface area contributed by atoms with E-state index in [1.54, 1.807) is 0 Å². The monoisotopic (exact) mass is 449 g/mol. The number of hydrogen-bond acceptors (Lipinski definition) is 2. The van der Waals surface area contributed by atoms with E-state index in [1.165, 1.54) is 27.8 Å². The van der Waals surface area contributed by atoms with E-state index < -0.39 is 0 Å². The first-order valence-electron chi connectivity index (χ1n) is 12.1. The molecule has 3 heteroatoms. The van der Waals surface area contributed by atoms with E-state index in [9.17, 15) is 0 Å². The summed E-state index contributed by atoms with van der Waals surface area (Å²) in [5.41, 5.74) is 7.64. The zero-order chi connectivity index (χ0) is 24.1. The van der Waals surface area contributed by atoms with Gasteiger partial charge in [-0.15, -0.1) is 0 Å². The van der Waals surface area contributed by atoms with Crippen molar-refractivity contribution in [3.05, 3.63) is 108 Å². The molecule has 34 heavy (non-hydrogen) atoms. The molecule has 0 atom stereocenters. The van der Waals surface area contributed by atoms with Gasteiger partial charge in [0, 0.05) is 19.0 Å². The summed E-state index contributed by atoms with van der Waals surface area (Å²) in [6.07, 6.45) is 3.96. The Morgan fingerprint density at radius 1 is 0.824 bits per heavy atom. The number of hydrogen-bond donors (Lipinski definition) is 0. The molecule has 0 fully saturated rings. The number of aromatic nitrogens is 3. The van der Waals surface area contributed by atoms with Crippen LogP contribution in [0.2, 0.25) is 0 Å². The van der Waals surface area contributed by atoms with Crippen LogP contribution in [0.4, 0.5) is 0 Å². The maximum atomic E-state index is 4.77. The van der Waals surface area contributed by atoms with Gasteiger partial charge in [0.05, 0.1) is 0 Å². The predicted molar refractivity (Wildman–Crippen MR) is 143 cm³/mol. The molecular weight excluding hydrogens is 414 g/mol. The van der Waals surface area contributed by atoms with Crippen LogP contribution in [0.1, 0.15) is 44.1 Å². The molecule has 0 aliphatic rings. The van der Waals surface area contributed by atoms with Crippen LogP contribution < -0.4 is 0 Å². The second kappa shape index (κ2) is 10.2. The summed E-state index contributed by atoms with van der Waals surface area (Å²) in [6.45, 7) is 10.8. The Hall–Kier alpha value is -3.46. The van der Waals surface area contributed by atoms with Crippen molar-refractivity contribution in [2.75, 3.05) is 0 Å². The van der Waals surface area contributed by atoms with E-state index >= 15 is 0 Å². The predicted octanol–water partition coefficient (Wildman–Crippen LogP) is 7.47. The molecule has 3 aromatic carbocycles. The molecule has 0 unspecified atom stereocenters. The van der Waals surface area contributed by atoms with Crippen LogP contribution >= 0.6 is 0 Å². The molecular formula is C31H35N3. The molecule has 4 rings (SSSR count). The zero-order valence-electron chi connectivity index (χ0n) is 20.9. The van der Waals surface area contributed by atoms with Gasteiger partial charge in [0.25, 0.3) is 0 Å². The molecule has 0 saturated heterocycles. The third kappa shape index (κ3) is 5.72. The van der Waals surface area contributed by atoms with Crippen LogP contribution in [-0.4, -0.2) is 14.8 Å². The smallest absolute Gasteiger partial charge is 0.181 e. The highest BCUT2D eigenvalue weighted by Gasteiger charge is 2.19. The van der Waals surface area contributed by atoms with Crippen LogP contribution in [0.5, 0.6) is 0 Å². The molecule has 3 nitrogen and oxygen atoms in total. The van der Waals surface area contributed by atoms with Crippen molar-refractivity contribution >= 4 is 0 Å². The van der Waals surface area contributed by atoms with Gasteiger partial charge in [-0.1, -0.05) is 105 Å². The lowest BCUT2D eigenvalue weighted by Crippen LogP contribution is -2.15. The molecule has 0 aliphatic carbocycles. The van der Waals surface area contributed by atoms with Crippen molar-refractivity contribution in [1.82, 2.24) is 14.8 Å². The third-order valence-electron chi connectivity index (χ3n) is 6.74. The van der Waals surface area contributed by atoms with Crippen LogP contribution in [-0.2, 0) is 26.3 Å². The van der Waals surface area contributed by atoms with Crippen molar-refractivity contribution in [3.8, 4) is 22.5 Å². The average molecular weight is 450 g/mol. The van der Waals surface area contributed by atoms with Gasteiger partial charge in [-0.25, -0.2) is 4.98 Å². The van der Waals surface area contributed by atoms with E-state index in [1.807, 2.05) is 29.9 Å². The summed E-state index contributed by atoms with van der Waals surface area (Å²) in [4.78, 5) is 4.77. The number of aryl methyl sites for hydroxylation is 3. The number of nitrogens with zero attached hydrogens (tertiary/aromatic N) is 3. The van der Waals surface area contributed by atoms with E-state index in [0.717, 1.165) is 42.9 Å². The molecule has 4 aromatic rings. The van der Waals surface area contributed by atoms with Crippen LogP contribution in [0.15, 0.2) is 91.0 Å². The van der Waals surface area contributed by atoms with Crippen LogP contribution in [0.3, 0.4) is 0 Å². The zero-order valence-corrected chi connectivity index (χ0v) is 20.9. The summed E-state index contributed by atoms with van der Waals surface area (Å²) >= 11 is 0. The minimum Gasteiger partial charge on any atom is -0.253 e. The molecule has 1 heterocycles. The van der Waals surface area contributed by atoms with Gasteiger partial charge in [-0.3, -0.25) is 4.68 Å². The summed E-state index contributed by atoms with van der Waals surface area (Å²) in [5.74, 6) is 1.83. The number of rotatable bonds is 9. The highest BCUT2D eigenvalue weighted by atomic mass is 15.3. The molecule has 0 saturated carbocycles.